The van der Waals surface area contributed by atoms with Gasteiger partial charge in [-0.3, -0.25) is 4.79 Å². The van der Waals surface area contributed by atoms with Crippen molar-refractivity contribution in [1.82, 2.24) is 10.6 Å². The van der Waals surface area contributed by atoms with E-state index in [0.29, 0.717) is 10.6 Å². The number of halogens is 1. The molecule has 3 rings (SSSR count). The van der Waals surface area contributed by atoms with Gasteiger partial charge in [-0.1, -0.05) is 58.8 Å². The Hall–Kier alpha value is -3.13. The van der Waals surface area contributed by atoms with E-state index in [1.165, 1.54) is 0 Å². The number of rotatable bonds is 8. The second-order valence-electron chi connectivity index (χ2n) is 6.03. The van der Waals surface area contributed by atoms with E-state index in [-0.39, 0.29) is 17.7 Å². The number of azide groups is 1. The molecule has 1 unspecified atom stereocenters. The summed E-state index contributed by atoms with van der Waals surface area (Å²) < 4.78 is 0. The molecule has 1 amide bonds. The molecular weight excluding hydrogens is 410 g/mol. The number of anilines is 1. The lowest BCUT2D eigenvalue weighted by atomic mass is 9.98. The highest BCUT2D eigenvalue weighted by Gasteiger charge is 2.23. The van der Waals surface area contributed by atoms with Crippen molar-refractivity contribution in [2.45, 2.75) is 16.3 Å². The molecule has 4 N–H and O–H groups in total. The predicted molar refractivity (Wildman–Crippen MR) is 116 cm³/mol. The number of nitrogens with zero attached hydrogens (tertiary/aromatic N) is 3. The molecule has 0 fully saturated rings. The molecule has 0 saturated carbocycles. The summed E-state index contributed by atoms with van der Waals surface area (Å²) in [5, 5.41) is 20.7. The number of fused-ring (bicyclic) bond motifs is 1. The Kier molecular flexibility index (Phi) is 7.02. The van der Waals surface area contributed by atoms with Gasteiger partial charge in [-0.25, -0.2) is 0 Å². The number of nitrogens with one attached hydrogen (secondary N) is 4. The largest absolute Gasteiger partial charge is 0.361 e. The summed E-state index contributed by atoms with van der Waals surface area (Å²) >= 11 is 7.80. The number of allylic oxidation sites excluding steroid dienone is 1. The number of carbonyl (C=O) groups is 1. The lowest BCUT2D eigenvalue weighted by Gasteiger charge is -2.17. The monoisotopic (exact) mass is 427 g/mol. The maximum Gasteiger partial charge on any atom is 0.232 e. The Morgan fingerprint density at radius 1 is 1.34 bits per heavy atom. The van der Waals surface area contributed by atoms with Gasteiger partial charge in [0.05, 0.1) is 17.3 Å². The lowest BCUT2D eigenvalue weighted by Crippen LogP contribution is -2.33. The Balaban J connectivity index is 1.69. The third-order valence-electron chi connectivity index (χ3n) is 4.16. The van der Waals surface area contributed by atoms with Crippen LogP contribution in [0.4, 0.5) is 5.69 Å². The van der Waals surface area contributed by atoms with Crippen LogP contribution in [0.3, 0.4) is 0 Å². The van der Waals surface area contributed by atoms with E-state index in [0.717, 1.165) is 16.8 Å². The number of amides is 1. The van der Waals surface area contributed by atoms with Crippen LogP contribution in [0.15, 0.2) is 70.4 Å². The molecule has 0 bridgehead atoms. The second-order valence-corrected chi connectivity index (χ2v) is 7.58. The van der Waals surface area contributed by atoms with Crippen molar-refractivity contribution < 1.29 is 4.79 Å². The van der Waals surface area contributed by atoms with Crippen LogP contribution < -0.4 is 16.0 Å². The first-order valence-electron chi connectivity index (χ1n) is 8.67. The van der Waals surface area contributed by atoms with Crippen molar-refractivity contribution in [1.29, 1.82) is 5.41 Å². The quantitative estimate of drug-likeness (QED) is 0.215. The number of thioether (sulfide) groups is 1. The van der Waals surface area contributed by atoms with Crippen LogP contribution in [0.5, 0.6) is 0 Å². The van der Waals surface area contributed by atoms with E-state index >= 15 is 0 Å². The van der Waals surface area contributed by atoms with Crippen molar-refractivity contribution in [2.24, 2.45) is 5.11 Å². The van der Waals surface area contributed by atoms with Crippen LogP contribution in [0.2, 0.25) is 5.02 Å². The summed E-state index contributed by atoms with van der Waals surface area (Å²) in [4.78, 5) is 16.7. The maximum atomic E-state index is 12.8. The van der Waals surface area contributed by atoms with E-state index in [9.17, 15) is 4.79 Å². The Morgan fingerprint density at radius 2 is 2.10 bits per heavy atom. The van der Waals surface area contributed by atoms with Gasteiger partial charge in [0.25, 0.3) is 0 Å². The minimum absolute atomic E-state index is 0.0832. The van der Waals surface area contributed by atoms with Crippen molar-refractivity contribution in [3.05, 3.63) is 81.5 Å². The summed E-state index contributed by atoms with van der Waals surface area (Å²) in [5.41, 5.74) is 10.4. The van der Waals surface area contributed by atoms with Gasteiger partial charge < -0.3 is 21.4 Å². The third kappa shape index (κ3) is 5.23. The molecule has 10 heteroatoms. The fourth-order valence-corrected chi connectivity index (χ4v) is 4.02. The van der Waals surface area contributed by atoms with Gasteiger partial charge in [-0.15, -0.1) is 0 Å². The molecule has 0 spiro atoms. The first-order chi connectivity index (χ1) is 14.1. The minimum Gasteiger partial charge on any atom is -0.361 e. The van der Waals surface area contributed by atoms with Crippen molar-refractivity contribution in [3.63, 3.8) is 0 Å². The number of hydrogen-bond donors (Lipinski definition) is 4. The summed E-state index contributed by atoms with van der Waals surface area (Å²) in [7, 11) is 0. The van der Waals surface area contributed by atoms with E-state index in [1.54, 1.807) is 42.2 Å². The predicted octanol–water partition coefficient (Wildman–Crippen LogP) is 4.43. The summed E-state index contributed by atoms with van der Waals surface area (Å²) in [6.45, 7) is -0.0832. The van der Waals surface area contributed by atoms with Gasteiger partial charge in [-0.05, 0) is 29.3 Å². The Bertz CT molecular complexity index is 965. The SMILES string of the molecule is [N-]=[N+]=NC[C@@H](C(=O)N/C(C=N)=C/NC1Nc2ccccc2S1)c1ccccc1Cl. The normalized spacial score (nSPS) is 16.0. The molecule has 2 aromatic carbocycles. The zero-order valence-electron chi connectivity index (χ0n) is 15.2. The highest BCUT2D eigenvalue weighted by atomic mass is 35.5. The van der Waals surface area contributed by atoms with E-state index in [2.05, 4.69) is 26.0 Å². The van der Waals surface area contributed by atoms with Crippen molar-refractivity contribution in [2.75, 3.05) is 11.9 Å². The first-order valence-corrected chi connectivity index (χ1v) is 9.93. The average molecular weight is 428 g/mol. The van der Waals surface area contributed by atoms with Crippen LogP contribution in [0, 0.1) is 5.41 Å². The average Bonchev–Trinajstić information content (AvgIpc) is 3.15. The van der Waals surface area contributed by atoms with Gasteiger partial charge in [-0.2, -0.15) is 0 Å². The molecule has 8 nitrogen and oxygen atoms in total. The number of carbonyl (C=O) groups excluding carboxylic acids is 1. The summed E-state index contributed by atoms with van der Waals surface area (Å²) in [6.07, 6.45) is 2.59. The highest BCUT2D eigenvalue weighted by molar-refractivity contribution is 8.00. The van der Waals surface area contributed by atoms with Gasteiger partial charge in [0.15, 0.2) is 0 Å². The molecule has 0 aliphatic carbocycles. The van der Waals surface area contributed by atoms with Crippen molar-refractivity contribution >= 4 is 41.2 Å². The fraction of sp³-hybridized carbons (Fsp3) is 0.158. The number of benzene rings is 2. The zero-order chi connectivity index (χ0) is 20.6. The zero-order valence-corrected chi connectivity index (χ0v) is 16.7. The van der Waals surface area contributed by atoms with Crippen LogP contribution in [-0.2, 0) is 4.79 Å². The van der Waals surface area contributed by atoms with Gasteiger partial charge in [0.1, 0.15) is 5.50 Å². The molecule has 1 aliphatic rings. The van der Waals surface area contributed by atoms with Gasteiger partial charge >= 0.3 is 0 Å². The molecule has 1 heterocycles. The highest BCUT2D eigenvalue weighted by Crippen LogP contribution is 2.36. The Labute approximate surface area is 176 Å². The lowest BCUT2D eigenvalue weighted by molar-refractivity contribution is -0.121. The molecule has 29 heavy (non-hydrogen) atoms. The van der Waals surface area contributed by atoms with Crippen LogP contribution in [0.1, 0.15) is 11.5 Å². The molecule has 0 radical (unpaired) electrons. The molecule has 1 aliphatic heterocycles. The molecule has 2 aromatic rings. The molecule has 2 atom stereocenters. The first kappa shape index (κ1) is 20.6. The van der Waals surface area contributed by atoms with Crippen LogP contribution in [0.25, 0.3) is 10.4 Å². The summed E-state index contributed by atoms with van der Waals surface area (Å²) in [6, 6.07) is 14.8. The minimum atomic E-state index is -0.772. The molecular formula is C19H18ClN7OS. The number of hydrogen-bond acceptors (Lipinski definition) is 6. The second kappa shape index (κ2) is 9.88. The van der Waals surface area contributed by atoms with Crippen LogP contribution in [-0.4, -0.2) is 24.2 Å². The van der Waals surface area contributed by atoms with Gasteiger partial charge in [0, 0.05) is 33.8 Å². The molecule has 0 aromatic heterocycles. The van der Waals surface area contributed by atoms with E-state index in [4.69, 9.17) is 22.5 Å². The summed E-state index contributed by atoms with van der Waals surface area (Å²) in [5.74, 6) is -1.19. The van der Waals surface area contributed by atoms with E-state index < -0.39 is 11.8 Å². The third-order valence-corrected chi connectivity index (χ3v) is 5.60. The smallest absolute Gasteiger partial charge is 0.232 e. The fourth-order valence-electron chi connectivity index (χ4n) is 2.77. The Morgan fingerprint density at radius 3 is 2.83 bits per heavy atom. The maximum absolute atomic E-state index is 12.8. The van der Waals surface area contributed by atoms with Crippen LogP contribution >= 0.6 is 23.4 Å². The number of para-hydroxylation sites is 1. The van der Waals surface area contributed by atoms with E-state index in [1.807, 2.05) is 24.3 Å². The molecule has 148 valence electrons. The standard InChI is InChI=1S/C19H18ClN7OS/c20-15-6-2-1-5-13(15)14(11-24-27-22)18(28)25-12(9-21)10-23-19-26-16-7-3-4-8-17(16)29-19/h1-10,14,19,21,23,26H,11H2,(H,25,28)/b12-10+,21-9?/t14-,19?/m1/s1. The molecule has 0 saturated heterocycles. The topological polar surface area (TPSA) is 126 Å². The van der Waals surface area contributed by atoms with Crippen molar-refractivity contribution in [3.8, 4) is 0 Å². The van der Waals surface area contributed by atoms with Gasteiger partial charge in [0.2, 0.25) is 5.91 Å².